The third-order valence-electron chi connectivity index (χ3n) is 10.6. The van der Waals surface area contributed by atoms with E-state index in [1.165, 1.54) is 12.1 Å². The molecule has 0 spiro atoms. The zero-order valence-corrected chi connectivity index (χ0v) is 35.8. The van der Waals surface area contributed by atoms with E-state index in [2.05, 4.69) is 27.8 Å². The molecule has 1 unspecified atom stereocenters. The molecule has 0 saturated carbocycles. The van der Waals surface area contributed by atoms with Gasteiger partial charge in [0, 0.05) is 65.2 Å². The maximum Gasteiger partial charge on any atom is 0.303 e. The third-order valence-corrected chi connectivity index (χ3v) is 12.8. The summed E-state index contributed by atoms with van der Waals surface area (Å²) >= 11 is 0.876. The summed E-state index contributed by atoms with van der Waals surface area (Å²) in [5.74, 6) is -2.20. The molecule has 0 bridgehead atoms. The molecule has 0 radical (unpaired) electrons. The minimum atomic E-state index is -4.55. The van der Waals surface area contributed by atoms with E-state index in [-0.39, 0.29) is 30.7 Å². The molecule has 0 saturated heterocycles. The van der Waals surface area contributed by atoms with Gasteiger partial charge in [0.2, 0.25) is 5.69 Å². The molecular weight excluding hydrogens is 825 g/mol. The Bertz CT molecular complexity index is 2230. The molecule has 2 heterocycles. The second kappa shape index (κ2) is 20.9. The van der Waals surface area contributed by atoms with Crippen LogP contribution in [0.5, 0.6) is 0 Å². The van der Waals surface area contributed by atoms with Crippen LogP contribution in [0.25, 0.3) is 0 Å². The van der Waals surface area contributed by atoms with Gasteiger partial charge in [-0.25, -0.2) is 5.26 Å². The predicted molar refractivity (Wildman–Crippen MR) is 224 cm³/mol. The number of benzene rings is 2. The molecule has 5 N–H and O–H groups in total. The van der Waals surface area contributed by atoms with Crippen molar-refractivity contribution in [1.82, 2.24) is 0 Å². The molecule has 18 heteroatoms. The summed E-state index contributed by atoms with van der Waals surface area (Å²) in [5, 5.41) is 30.6. The number of allylic oxidation sites excluding steroid dienone is 8. The van der Waals surface area contributed by atoms with Crippen molar-refractivity contribution in [2.45, 2.75) is 106 Å². The first kappa shape index (κ1) is 47.5. The summed E-state index contributed by atoms with van der Waals surface area (Å²) < 4.78 is 73.9. The number of carboxylic acids is 2. The number of unbranched alkanes of at least 4 members (excludes halogenated alkanes) is 4. The van der Waals surface area contributed by atoms with E-state index in [4.69, 9.17) is 15.5 Å². The number of fused-ring (bicyclic) bond motifs is 2. The van der Waals surface area contributed by atoms with Crippen LogP contribution in [0.2, 0.25) is 0 Å². The lowest BCUT2D eigenvalue weighted by Crippen LogP contribution is -2.30. The molecule has 0 amide bonds. The van der Waals surface area contributed by atoms with E-state index in [9.17, 15) is 35.5 Å². The fourth-order valence-electron chi connectivity index (χ4n) is 7.74. The Balaban J connectivity index is 1.64. The maximum absolute atomic E-state index is 12.2. The second-order valence-electron chi connectivity index (χ2n) is 15.2. The fraction of sp³-hybridized carbons (Fsp3) is 0.439. The van der Waals surface area contributed by atoms with Crippen molar-refractivity contribution >= 4 is 61.3 Å². The normalized spacial score (nSPS) is 18.5. The quantitative estimate of drug-likeness (QED) is 0.0128. The molecule has 322 valence electrons. The average Bonchev–Trinajstić information content (AvgIpc) is 3.50. The molecular formula is C41H53N2O13S3+. The monoisotopic (exact) mass is 877 g/mol. The molecule has 2 aliphatic rings. The minimum Gasteiger partial charge on any atom is -0.481 e. The van der Waals surface area contributed by atoms with Gasteiger partial charge in [0.15, 0.2) is 5.71 Å². The first-order valence-corrected chi connectivity index (χ1v) is 23.0. The largest absolute Gasteiger partial charge is 0.481 e. The summed E-state index contributed by atoms with van der Waals surface area (Å²) in [4.78, 5) is 24.5. The van der Waals surface area contributed by atoms with E-state index in [0.717, 1.165) is 52.4 Å². The lowest BCUT2D eigenvalue weighted by atomic mass is 9.77. The van der Waals surface area contributed by atoms with Gasteiger partial charge in [-0.2, -0.15) is 21.4 Å². The molecule has 2 aromatic rings. The standard InChI is InChI=1S/C41H52N2O13S3/c1-40(2)32-28-30(57-56-55-48)20-22-34(32)42(25-14-8-12-19-39(46)47)36(40)16-9-5-4-6-10-17-37-41(3,24-13-7-11-18-38(44)45)33-29-31(59(52,53)54)21-23-35(33)43(37)26-15-27-58(49,50)51/h4-6,9-10,16-17,20-23,28-29H,7-8,11-15,18-19,24-27H2,1-3H3,(H4-,44,45,46,47,48,49,50,51,52,53,54)/p+1. The summed E-state index contributed by atoms with van der Waals surface area (Å²) in [6, 6.07) is 10.1. The molecule has 0 aliphatic carbocycles. The number of carbonyl (C=O) groups is 2. The molecule has 15 nitrogen and oxygen atoms in total. The summed E-state index contributed by atoms with van der Waals surface area (Å²) in [6.45, 7) is 6.99. The van der Waals surface area contributed by atoms with Gasteiger partial charge in [0.05, 0.1) is 28.1 Å². The molecule has 59 heavy (non-hydrogen) atoms. The van der Waals surface area contributed by atoms with E-state index in [0.29, 0.717) is 49.9 Å². The first-order chi connectivity index (χ1) is 27.8. The summed E-state index contributed by atoms with van der Waals surface area (Å²) in [6.07, 6.45) is 17.6. The molecule has 0 fully saturated rings. The minimum absolute atomic E-state index is 0.0152. The number of carboxylic acid groups (broad SMARTS) is 2. The number of anilines is 1. The Hall–Kier alpha value is -4.14. The van der Waals surface area contributed by atoms with Gasteiger partial charge in [0.25, 0.3) is 20.2 Å². The zero-order valence-electron chi connectivity index (χ0n) is 33.3. The van der Waals surface area contributed by atoms with Crippen LogP contribution in [-0.2, 0) is 50.0 Å². The van der Waals surface area contributed by atoms with Crippen LogP contribution in [0.15, 0.2) is 94.4 Å². The van der Waals surface area contributed by atoms with Crippen molar-refractivity contribution in [3.63, 3.8) is 0 Å². The lowest BCUT2D eigenvalue weighted by molar-refractivity contribution is -0.438. The van der Waals surface area contributed by atoms with Gasteiger partial charge >= 0.3 is 11.9 Å². The highest BCUT2D eigenvalue weighted by atomic mass is 32.2. The van der Waals surface area contributed by atoms with Gasteiger partial charge in [-0.3, -0.25) is 18.7 Å². The number of hydrogen-bond acceptors (Lipinski definition) is 11. The van der Waals surface area contributed by atoms with Crippen LogP contribution < -0.4 is 4.90 Å². The smallest absolute Gasteiger partial charge is 0.303 e. The van der Waals surface area contributed by atoms with Crippen molar-refractivity contribution in [1.29, 1.82) is 0 Å². The van der Waals surface area contributed by atoms with Gasteiger partial charge in [0.1, 0.15) is 6.54 Å². The maximum atomic E-state index is 12.2. The van der Waals surface area contributed by atoms with Crippen molar-refractivity contribution in [3.05, 3.63) is 95.8 Å². The van der Waals surface area contributed by atoms with E-state index in [1.54, 1.807) is 6.07 Å². The Labute approximate surface area is 350 Å². The van der Waals surface area contributed by atoms with Crippen molar-refractivity contribution < 1.29 is 64.9 Å². The molecule has 2 aromatic carbocycles. The average molecular weight is 878 g/mol. The molecule has 4 rings (SSSR count). The molecule has 0 aromatic heterocycles. The van der Waals surface area contributed by atoms with Gasteiger partial charge in [-0.05, 0) is 94.8 Å². The van der Waals surface area contributed by atoms with Gasteiger partial charge in [-0.1, -0.05) is 48.3 Å². The van der Waals surface area contributed by atoms with Gasteiger partial charge in [-0.15, -0.1) is 4.33 Å². The van der Waals surface area contributed by atoms with Crippen LogP contribution in [0.3, 0.4) is 0 Å². The Morgan fingerprint density at radius 3 is 2.12 bits per heavy atom. The van der Waals surface area contributed by atoms with E-state index < -0.39 is 48.8 Å². The van der Waals surface area contributed by atoms with Crippen LogP contribution in [-0.4, -0.2) is 82.5 Å². The van der Waals surface area contributed by atoms with Crippen molar-refractivity contribution in [3.8, 4) is 0 Å². The van der Waals surface area contributed by atoms with E-state index >= 15 is 0 Å². The zero-order chi connectivity index (χ0) is 43.4. The fourth-order valence-corrected chi connectivity index (χ4v) is 9.14. The van der Waals surface area contributed by atoms with E-state index in [1.807, 2.05) is 72.6 Å². The number of nitrogens with zero attached hydrogens (tertiary/aromatic N) is 2. The van der Waals surface area contributed by atoms with Gasteiger partial charge < -0.3 is 15.1 Å². The van der Waals surface area contributed by atoms with Crippen LogP contribution in [0.4, 0.5) is 11.4 Å². The highest BCUT2D eigenvalue weighted by Gasteiger charge is 2.45. The predicted octanol–water partition coefficient (Wildman–Crippen LogP) is 8.03. The first-order valence-electron chi connectivity index (χ1n) is 19.2. The number of rotatable bonds is 24. The number of aliphatic carboxylic acids is 2. The number of hydrogen-bond donors (Lipinski definition) is 5. The topological polar surface area (TPSA) is 228 Å². The Kier molecular flexibility index (Phi) is 16.8. The molecule has 2 aliphatic heterocycles. The lowest BCUT2D eigenvalue weighted by Gasteiger charge is -2.30. The third kappa shape index (κ3) is 12.9. The summed E-state index contributed by atoms with van der Waals surface area (Å²) in [7, 11) is -8.80. The highest BCUT2D eigenvalue weighted by Crippen LogP contribution is 2.51. The Morgan fingerprint density at radius 2 is 1.47 bits per heavy atom. The SMILES string of the molecule is CC1(C)C(/C=C/C=C/C=C/C=C2\N(CCCS(=O)(=O)O)c3ccc(S(=O)(=O)O)cc3C2(C)CCCCCC(=O)O)=[N+](CCCCCC(=O)O)c2ccc(SOOO)cc21. The molecule has 1 atom stereocenters. The Morgan fingerprint density at radius 1 is 0.814 bits per heavy atom. The van der Waals surface area contributed by atoms with Crippen molar-refractivity contribution in [2.75, 3.05) is 23.7 Å². The second-order valence-corrected chi connectivity index (χ2v) is 19.0. The highest BCUT2D eigenvalue weighted by molar-refractivity contribution is 7.94. The van der Waals surface area contributed by atoms with Crippen LogP contribution >= 0.6 is 12.0 Å². The van der Waals surface area contributed by atoms with Crippen LogP contribution in [0, 0.1) is 0 Å². The summed E-state index contributed by atoms with van der Waals surface area (Å²) in [5.41, 5.74) is 3.81. The van der Waals surface area contributed by atoms with Crippen molar-refractivity contribution in [2.24, 2.45) is 0 Å². The van der Waals surface area contributed by atoms with Crippen LogP contribution in [0.1, 0.15) is 96.1 Å².